The van der Waals surface area contributed by atoms with E-state index in [1.807, 2.05) is 41.1 Å². The van der Waals surface area contributed by atoms with Crippen molar-refractivity contribution in [3.63, 3.8) is 0 Å². The number of nitrogens with one attached hydrogen (secondary N) is 2. The van der Waals surface area contributed by atoms with Gasteiger partial charge in [-0.3, -0.25) is 0 Å². The fourth-order valence-corrected chi connectivity index (χ4v) is 5.72. The van der Waals surface area contributed by atoms with Gasteiger partial charge in [0.05, 0.1) is 34.5 Å². The van der Waals surface area contributed by atoms with Crippen molar-refractivity contribution in [1.29, 1.82) is 0 Å². The molecule has 3 heterocycles. The maximum absolute atomic E-state index is 5.60. The van der Waals surface area contributed by atoms with Gasteiger partial charge in [0.25, 0.3) is 0 Å². The van der Waals surface area contributed by atoms with Crippen molar-refractivity contribution in [3.8, 4) is 23.0 Å². The average molecular weight is 610 g/mol. The molecule has 1 aliphatic heterocycles. The highest BCUT2D eigenvalue weighted by Crippen LogP contribution is 2.36. The molecule has 0 saturated heterocycles. The number of hydrogen-bond donors (Lipinski definition) is 2. The normalized spacial score (nSPS) is 13.2. The third kappa shape index (κ3) is 6.24. The highest BCUT2D eigenvalue weighted by molar-refractivity contribution is 5.85. The van der Waals surface area contributed by atoms with E-state index in [0.29, 0.717) is 41.9 Å². The summed E-state index contributed by atoms with van der Waals surface area (Å²) in [5.74, 6) is 4.18. The molecule has 0 radical (unpaired) electrons. The molecule has 3 aromatic carbocycles. The monoisotopic (exact) mass is 609 g/mol. The van der Waals surface area contributed by atoms with Crippen molar-refractivity contribution < 1.29 is 18.9 Å². The SMILES string of the molecule is COc1ccc(CCNc2nc(N3CCc4cc(OC)c(OC)cc4C3)c3ncn(NC(C)c4ccccc4)c3n2)cc1OC. The molecule has 2 N–H and O–H groups in total. The molecule has 1 unspecified atom stereocenters. The zero-order chi connectivity index (χ0) is 31.3. The summed E-state index contributed by atoms with van der Waals surface area (Å²) >= 11 is 0. The predicted octanol–water partition coefficient (Wildman–Crippen LogP) is 5.38. The molecule has 6 rings (SSSR count). The number of imidazole rings is 1. The highest BCUT2D eigenvalue weighted by Gasteiger charge is 2.25. The minimum absolute atomic E-state index is 0.0350. The summed E-state index contributed by atoms with van der Waals surface area (Å²) in [4.78, 5) is 17.0. The Morgan fingerprint density at radius 1 is 0.822 bits per heavy atom. The van der Waals surface area contributed by atoms with E-state index in [4.69, 9.17) is 33.9 Å². The third-order valence-electron chi connectivity index (χ3n) is 8.17. The largest absolute Gasteiger partial charge is 0.493 e. The quantitative estimate of drug-likeness (QED) is 0.191. The maximum atomic E-state index is 5.60. The Balaban J connectivity index is 1.31. The molecular formula is C34H39N7O4. The Morgan fingerprint density at radius 3 is 2.27 bits per heavy atom. The Bertz CT molecular complexity index is 1780. The minimum Gasteiger partial charge on any atom is -0.493 e. The Morgan fingerprint density at radius 2 is 1.53 bits per heavy atom. The van der Waals surface area contributed by atoms with Crippen molar-refractivity contribution in [1.82, 2.24) is 19.6 Å². The van der Waals surface area contributed by atoms with Crippen LogP contribution in [0.5, 0.6) is 23.0 Å². The average Bonchev–Trinajstić information content (AvgIpc) is 3.49. The molecule has 45 heavy (non-hydrogen) atoms. The number of methoxy groups -OCH3 is 4. The summed E-state index contributed by atoms with van der Waals surface area (Å²) in [5.41, 5.74) is 9.68. The van der Waals surface area contributed by atoms with Gasteiger partial charge < -0.3 is 34.6 Å². The van der Waals surface area contributed by atoms with Crippen LogP contribution >= 0.6 is 0 Å². The van der Waals surface area contributed by atoms with Gasteiger partial charge >= 0.3 is 0 Å². The Hall–Kier alpha value is -5.19. The molecule has 2 aromatic heterocycles. The van der Waals surface area contributed by atoms with Crippen LogP contribution in [0.25, 0.3) is 11.2 Å². The van der Waals surface area contributed by atoms with Gasteiger partial charge in [0.2, 0.25) is 5.95 Å². The van der Waals surface area contributed by atoms with Gasteiger partial charge in [0.15, 0.2) is 40.0 Å². The number of anilines is 2. The van der Waals surface area contributed by atoms with Crippen molar-refractivity contribution >= 4 is 22.9 Å². The first-order valence-electron chi connectivity index (χ1n) is 15.0. The maximum Gasteiger partial charge on any atom is 0.226 e. The molecule has 0 bridgehead atoms. The van der Waals surface area contributed by atoms with Crippen LogP contribution in [0.4, 0.5) is 11.8 Å². The van der Waals surface area contributed by atoms with E-state index in [0.717, 1.165) is 42.0 Å². The molecule has 0 aliphatic carbocycles. The van der Waals surface area contributed by atoms with E-state index in [-0.39, 0.29) is 6.04 Å². The van der Waals surface area contributed by atoms with Gasteiger partial charge in [-0.25, -0.2) is 9.66 Å². The molecule has 11 nitrogen and oxygen atoms in total. The van der Waals surface area contributed by atoms with Gasteiger partial charge in [-0.15, -0.1) is 0 Å². The number of nitrogens with zero attached hydrogens (tertiary/aromatic N) is 5. The van der Waals surface area contributed by atoms with Gasteiger partial charge in [0.1, 0.15) is 6.33 Å². The van der Waals surface area contributed by atoms with Crippen LogP contribution in [-0.4, -0.2) is 61.2 Å². The molecular weight excluding hydrogens is 570 g/mol. The van der Waals surface area contributed by atoms with Crippen LogP contribution in [0.2, 0.25) is 0 Å². The number of aromatic nitrogens is 4. The summed E-state index contributed by atoms with van der Waals surface area (Å²) in [6.45, 7) is 4.19. The lowest BCUT2D eigenvalue weighted by molar-refractivity contribution is 0.353. The first-order chi connectivity index (χ1) is 22.0. The van der Waals surface area contributed by atoms with Crippen LogP contribution in [0, 0.1) is 0 Å². The molecule has 11 heteroatoms. The van der Waals surface area contributed by atoms with Gasteiger partial charge in [-0.1, -0.05) is 36.4 Å². The van der Waals surface area contributed by atoms with Gasteiger partial charge in [-0.05, 0) is 66.3 Å². The Kier molecular flexibility index (Phi) is 8.77. The lowest BCUT2D eigenvalue weighted by Gasteiger charge is -2.30. The second-order valence-corrected chi connectivity index (χ2v) is 10.9. The summed E-state index contributed by atoms with van der Waals surface area (Å²) in [6.07, 6.45) is 3.37. The predicted molar refractivity (Wildman–Crippen MR) is 176 cm³/mol. The summed E-state index contributed by atoms with van der Waals surface area (Å²) in [6, 6.07) is 20.4. The van der Waals surface area contributed by atoms with Crippen LogP contribution < -0.4 is 34.6 Å². The topological polar surface area (TPSA) is 108 Å². The number of rotatable bonds is 12. The molecule has 0 fully saturated rings. The molecule has 0 spiro atoms. The first-order valence-corrected chi connectivity index (χ1v) is 15.0. The van der Waals surface area contributed by atoms with E-state index in [2.05, 4.69) is 46.8 Å². The fourth-order valence-electron chi connectivity index (χ4n) is 5.72. The number of hydrogen-bond acceptors (Lipinski definition) is 10. The second-order valence-electron chi connectivity index (χ2n) is 10.9. The van der Waals surface area contributed by atoms with E-state index < -0.39 is 0 Å². The summed E-state index contributed by atoms with van der Waals surface area (Å²) < 4.78 is 23.9. The van der Waals surface area contributed by atoms with Crippen LogP contribution in [0.1, 0.15) is 35.2 Å². The van der Waals surface area contributed by atoms with Crippen LogP contribution in [-0.2, 0) is 19.4 Å². The van der Waals surface area contributed by atoms with Crippen molar-refractivity contribution in [2.45, 2.75) is 32.4 Å². The first kappa shape index (κ1) is 29.9. The zero-order valence-electron chi connectivity index (χ0n) is 26.3. The molecule has 1 atom stereocenters. The van der Waals surface area contributed by atoms with E-state index >= 15 is 0 Å². The third-order valence-corrected chi connectivity index (χ3v) is 8.17. The lowest BCUT2D eigenvalue weighted by Crippen LogP contribution is -2.31. The Labute approximate surface area is 263 Å². The molecule has 234 valence electrons. The molecule has 0 amide bonds. The van der Waals surface area contributed by atoms with Crippen LogP contribution in [0.3, 0.4) is 0 Å². The van der Waals surface area contributed by atoms with Gasteiger partial charge in [0, 0.05) is 19.6 Å². The van der Waals surface area contributed by atoms with Crippen molar-refractivity contribution in [2.24, 2.45) is 0 Å². The summed E-state index contributed by atoms with van der Waals surface area (Å²) in [7, 11) is 6.61. The fraction of sp³-hybridized carbons (Fsp3) is 0.324. The minimum atomic E-state index is 0.0350. The molecule has 0 saturated carbocycles. The zero-order valence-corrected chi connectivity index (χ0v) is 26.3. The molecule has 5 aromatic rings. The second kappa shape index (κ2) is 13.2. The standard InChI is InChI=1S/C34H39N7O4/c1-22(24-9-7-6-8-10-24)39-41-21-36-31-32(40-16-14-25-18-29(44-4)30(45-5)19-26(25)20-40)37-34(38-33(31)41)35-15-13-23-11-12-27(42-2)28(17-23)43-3/h6-12,17-19,21-22,39H,13-16,20H2,1-5H3,(H,35,37,38). The number of benzene rings is 3. The number of fused-ring (bicyclic) bond motifs is 2. The summed E-state index contributed by atoms with van der Waals surface area (Å²) in [5, 5.41) is 3.46. The lowest BCUT2D eigenvalue weighted by atomic mass is 9.98. The van der Waals surface area contributed by atoms with Gasteiger partial charge in [-0.2, -0.15) is 9.97 Å². The molecule has 1 aliphatic rings. The van der Waals surface area contributed by atoms with E-state index in [9.17, 15) is 0 Å². The van der Waals surface area contributed by atoms with Crippen molar-refractivity contribution in [2.75, 3.05) is 57.2 Å². The number of ether oxygens (including phenoxy) is 4. The highest BCUT2D eigenvalue weighted by atomic mass is 16.5. The van der Waals surface area contributed by atoms with Crippen LogP contribution in [0.15, 0.2) is 67.0 Å². The van der Waals surface area contributed by atoms with Crippen molar-refractivity contribution in [3.05, 3.63) is 89.2 Å². The van der Waals surface area contributed by atoms with E-state index in [1.165, 1.54) is 16.7 Å². The smallest absolute Gasteiger partial charge is 0.226 e. The van der Waals surface area contributed by atoms with E-state index in [1.54, 1.807) is 34.8 Å².